The normalized spacial score (nSPS) is 12.1. The summed E-state index contributed by atoms with van der Waals surface area (Å²) >= 11 is 5.94. The lowest BCUT2D eigenvalue weighted by Crippen LogP contribution is -2.12. The second-order valence-corrected chi connectivity index (χ2v) is 4.67. The van der Waals surface area contributed by atoms with Gasteiger partial charge in [0.25, 0.3) is 5.95 Å². The molecule has 106 valence electrons. The zero-order valence-electron chi connectivity index (χ0n) is 11.2. The van der Waals surface area contributed by atoms with Crippen molar-refractivity contribution >= 4 is 17.5 Å². The summed E-state index contributed by atoms with van der Waals surface area (Å²) in [7, 11) is 0. The van der Waals surface area contributed by atoms with Gasteiger partial charge in [0.2, 0.25) is 11.2 Å². The van der Waals surface area contributed by atoms with E-state index in [0.29, 0.717) is 11.9 Å². The summed E-state index contributed by atoms with van der Waals surface area (Å²) in [6.45, 7) is 1.99. The van der Waals surface area contributed by atoms with Gasteiger partial charge in [-0.1, -0.05) is 6.07 Å². The number of hydrogen-bond acceptors (Lipinski definition) is 6. The van der Waals surface area contributed by atoms with Gasteiger partial charge >= 0.3 is 0 Å². The third kappa shape index (κ3) is 3.14. The summed E-state index contributed by atoms with van der Waals surface area (Å²) in [5.74, 6) is 0.748. The second-order valence-electron chi connectivity index (χ2n) is 4.33. The lowest BCUT2D eigenvalue weighted by Gasteiger charge is -2.14. The van der Waals surface area contributed by atoms with Gasteiger partial charge in [0, 0.05) is 24.8 Å². The summed E-state index contributed by atoms with van der Waals surface area (Å²) in [6, 6.07) is 5.62. The molecule has 3 heterocycles. The fourth-order valence-corrected chi connectivity index (χ4v) is 1.96. The van der Waals surface area contributed by atoms with Crippen LogP contribution in [0.2, 0.25) is 5.28 Å². The summed E-state index contributed by atoms with van der Waals surface area (Å²) in [5, 5.41) is 7.35. The number of rotatable bonds is 4. The Morgan fingerprint density at radius 2 is 2.10 bits per heavy atom. The quantitative estimate of drug-likeness (QED) is 0.796. The summed E-state index contributed by atoms with van der Waals surface area (Å²) in [6.07, 6.45) is 6.89. The maximum absolute atomic E-state index is 5.94. The highest BCUT2D eigenvalue weighted by molar-refractivity contribution is 6.28. The molecule has 0 amide bonds. The minimum atomic E-state index is -0.0114. The van der Waals surface area contributed by atoms with Crippen LogP contribution in [-0.2, 0) is 0 Å². The average Bonchev–Trinajstić information content (AvgIpc) is 3.02. The van der Waals surface area contributed by atoms with Crippen LogP contribution >= 0.6 is 11.6 Å². The standard InChI is InChI=1S/C13H12ClN7/c1-9(10-4-2-5-15-8-10)17-12-18-11(14)19-13(20-12)21-7-3-6-16-21/h2-9H,1H3,(H,17,18,19,20). The smallest absolute Gasteiger partial charge is 0.256 e. The number of anilines is 1. The van der Waals surface area contributed by atoms with Crippen LogP contribution in [-0.4, -0.2) is 29.7 Å². The minimum absolute atomic E-state index is 0.0114. The first kappa shape index (κ1) is 13.4. The molecule has 0 spiro atoms. The summed E-state index contributed by atoms with van der Waals surface area (Å²) in [5.41, 5.74) is 1.02. The van der Waals surface area contributed by atoms with Crippen molar-refractivity contribution in [3.05, 3.63) is 53.8 Å². The molecule has 1 atom stereocenters. The molecule has 1 unspecified atom stereocenters. The molecule has 3 aromatic heterocycles. The van der Waals surface area contributed by atoms with Crippen molar-refractivity contribution in [2.75, 3.05) is 5.32 Å². The van der Waals surface area contributed by atoms with Gasteiger partial charge in [0.05, 0.1) is 6.04 Å². The first-order valence-corrected chi connectivity index (χ1v) is 6.68. The van der Waals surface area contributed by atoms with Gasteiger partial charge in [-0.3, -0.25) is 4.98 Å². The minimum Gasteiger partial charge on any atom is -0.347 e. The van der Waals surface area contributed by atoms with E-state index in [1.807, 2.05) is 19.1 Å². The lowest BCUT2D eigenvalue weighted by atomic mass is 10.1. The fraction of sp³-hybridized carbons (Fsp3) is 0.154. The van der Waals surface area contributed by atoms with Gasteiger partial charge in [-0.05, 0) is 36.2 Å². The van der Waals surface area contributed by atoms with Crippen LogP contribution in [0.4, 0.5) is 5.95 Å². The molecular formula is C13H12ClN7. The SMILES string of the molecule is CC(Nc1nc(Cl)nc(-n2cccn2)n1)c1cccnc1. The fourth-order valence-electron chi connectivity index (χ4n) is 1.80. The first-order valence-electron chi connectivity index (χ1n) is 6.30. The van der Waals surface area contributed by atoms with Crippen molar-refractivity contribution in [3.8, 4) is 5.95 Å². The zero-order valence-corrected chi connectivity index (χ0v) is 11.9. The Morgan fingerprint density at radius 1 is 1.19 bits per heavy atom. The van der Waals surface area contributed by atoms with Crippen LogP contribution in [0.1, 0.15) is 18.5 Å². The van der Waals surface area contributed by atoms with Gasteiger partial charge in [-0.2, -0.15) is 20.1 Å². The van der Waals surface area contributed by atoms with E-state index in [4.69, 9.17) is 11.6 Å². The third-order valence-electron chi connectivity index (χ3n) is 2.84. The average molecular weight is 302 g/mol. The Hall–Kier alpha value is -2.54. The Bertz CT molecular complexity index is 715. The molecule has 0 radical (unpaired) electrons. The predicted molar refractivity (Wildman–Crippen MR) is 78.2 cm³/mol. The highest BCUT2D eigenvalue weighted by Crippen LogP contribution is 2.17. The largest absolute Gasteiger partial charge is 0.347 e. The number of nitrogens with zero attached hydrogens (tertiary/aromatic N) is 6. The van der Waals surface area contributed by atoms with E-state index in [-0.39, 0.29) is 11.3 Å². The van der Waals surface area contributed by atoms with Crippen molar-refractivity contribution in [3.63, 3.8) is 0 Å². The van der Waals surface area contributed by atoms with E-state index in [9.17, 15) is 0 Å². The molecular weight excluding hydrogens is 290 g/mol. The lowest BCUT2D eigenvalue weighted by molar-refractivity contribution is 0.782. The van der Waals surface area contributed by atoms with Crippen LogP contribution in [0.25, 0.3) is 5.95 Å². The van der Waals surface area contributed by atoms with Crippen LogP contribution in [0.3, 0.4) is 0 Å². The molecule has 0 saturated carbocycles. The van der Waals surface area contributed by atoms with E-state index >= 15 is 0 Å². The van der Waals surface area contributed by atoms with E-state index < -0.39 is 0 Å². The number of halogens is 1. The maximum Gasteiger partial charge on any atom is 0.256 e. The van der Waals surface area contributed by atoms with E-state index in [2.05, 4.69) is 30.4 Å². The Morgan fingerprint density at radius 3 is 2.81 bits per heavy atom. The predicted octanol–water partition coefficient (Wildman–Crippen LogP) is 2.28. The summed E-state index contributed by atoms with van der Waals surface area (Å²) in [4.78, 5) is 16.5. The molecule has 0 fully saturated rings. The van der Waals surface area contributed by atoms with E-state index in [1.165, 1.54) is 4.68 Å². The Kier molecular flexibility index (Phi) is 3.74. The van der Waals surface area contributed by atoms with Crippen LogP contribution in [0, 0.1) is 0 Å². The Balaban J connectivity index is 1.86. The number of aromatic nitrogens is 6. The molecule has 0 aliphatic carbocycles. The van der Waals surface area contributed by atoms with Crippen LogP contribution < -0.4 is 5.32 Å². The van der Waals surface area contributed by atoms with Crippen molar-refractivity contribution in [2.24, 2.45) is 0 Å². The van der Waals surface area contributed by atoms with Gasteiger partial charge in [-0.15, -0.1) is 0 Å². The van der Waals surface area contributed by atoms with Gasteiger partial charge < -0.3 is 5.32 Å². The molecule has 8 heteroatoms. The van der Waals surface area contributed by atoms with Gasteiger partial charge in [-0.25, -0.2) is 4.68 Å². The number of nitrogens with one attached hydrogen (secondary N) is 1. The first-order chi connectivity index (χ1) is 10.2. The number of hydrogen-bond donors (Lipinski definition) is 1. The van der Waals surface area contributed by atoms with Crippen molar-refractivity contribution < 1.29 is 0 Å². The van der Waals surface area contributed by atoms with E-state index in [0.717, 1.165) is 5.56 Å². The highest BCUT2D eigenvalue weighted by atomic mass is 35.5. The maximum atomic E-state index is 5.94. The van der Waals surface area contributed by atoms with Crippen LogP contribution in [0.5, 0.6) is 0 Å². The molecule has 1 N–H and O–H groups in total. The molecule has 3 aromatic rings. The highest BCUT2D eigenvalue weighted by Gasteiger charge is 2.11. The van der Waals surface area contributed by atoms with Crippen molar-refractivity contribution in [1.82, 2.24) is 29.7 Å². The van der Waals surface area contributed by atoms with Gasteiger partial charge in [0.1, 0.15) is 0 Å². The van der Waals surface area contributed by atoms with Gasteiger partial charge in [0.15, 0.2) is 0 Å². The molecule has 0 bridgehead atoms. The van der Waals surface area contributed by atoms with Crippen LogP contribution in [0.15, 0.2) is 43.0 Å². The molecule has 0 aliphatic heterocycles. The number of pyridine rings is 1. The Labute approximate surface area is 126 Å². The van der Waals surface area contributed by atoms with Crippen molar-refractivity contribution in [2.45, 2.75) is 13.0 Å². The van der Waals surface area contributed by atoms with Crippen molar-refractivity contribution in [1.29, 1.82) is 0 Å². The topological polar surface area (TPSA) is 81.4 Å². The molecule has 21 heavy (non-hydrogen) atoms. The molecule has 0 aromatic carbocycles. The van der Waals surface area contributed by atoms with E-state index in [1.54, 1.807) is 30.9 Å². The molecule has 3 rings (SSSR count). The third-order valence-corrected chi connectivity index (χ3v) is 3.00. The molecule has 0 aliphatic rings. The second kappa shape index (κ2) is 5.84. The molecule has 7 nitrogen and oxygen atoms in total. The monoisotopic (exact) mass is 301 g/mol. The zero-order chi connectivity index (χ0) is 14.7. The summed E-state index contributed by atoms with van der Waals surface area (Å²) < 4.78 is 1.52. The molecule has 0 saturated heterocycles.